The number of ether oxygens (including phenoxy) is 4. The summed E-state index contributed by atoms with van der Waals surface area (Å²) in [4.78, 5) is 25.6. The van der Waals surface area contributed by atoms with Crippen molar-refractivity contribution >= 4 is 11.8 Å². The van der Waals surface area contributed by atoms with Crippen LogP contribution in [0.2, 0.25) is 0 Å². The van der Waals surface area contributed by atoms with Crippen molar-refractivity contribution < 1.29 is 38.7 Å². The van der Waals surface area contributed by atoms with Crippen molar-refractivity contribution in [2.24, 2.45) is 0 Å². The maximum absolute atomic E-state index is 13.3. The van der Waals surface area contributed by atoms with Gasteiger partial charge in [-0.05, 0) is 24.6 Å². The van der Waals surface area contributed by atoms with E-state index in [-0.39, 0.29) is 39.7 Å². The van der Waals surface area contributed by atoms with E-state index in [0.717, 1.165) is 13.2 Å². The van der Waals surface area contributed by atoms with E-state index in [9.17, 15) is 19.8 Å². The number of hydrogen-bond donors (Lipinski definition) is 2. The minimum atomic E-state index is -0.921. The zero-order valence-corrected chi connectivity index (χ0v) is 15.6. The molecule has 0 atom stereocenters. The van der Waals surface area contributed by atoms with Crippen molar-refractivity contribution in [1.82, 2.24) is 0 Å². The number of ketones is 1. The van der Waals surface area contributed by atoms with Gasteiger partial charge in [0, 0.05) is 6.07 Å². The third-order valence-electron chi connectivity index (χ3n) is 3.94. The second kappa shape index (κ2) is 7.86. The molecule has 0 spiro atoms. The Morgan fingerprint density at radius 3 is 1.89 bits per heavy atom. The van der Waals surface area contributed by atoms with Gasteiger partial charge in [-0.1, -0.05) is 0 Å². The highest BCUT2D eigenvalue weighted by molar-refractivity contribution is 6.19. The standard InChI is InChI=1S/C19H20O8/c1-9-6-10(20)14(12(7-9)24-2)17(22)15-13(25-3)8-11(21)18(26-4)16(15)19(23)27-5/h6-8,20-21H,1-5H3. The smallest absolute Gasteiger partial charge is 0.342 e. The van der Waals surface area contributed by atoms with E-state index >= 15 is 0 Å². The molecule has 2 aromatic rings. The van der Waals surface area contributed by atoms with E-state index in [2.05, 4.69) is 0 Å². The average Bonchev–Trinajstić information content (AvgIpc) is 2.64. The lowest BCUT2D eigenvalue weighted by atomic mass is 9.94. The van der Waals surface area contributed by atoms with Crippen molar-refractivity contribution in [2.45, 2.75) is 6.92 Å². The molecule has 0 amide bonds. The SMILES string of the molecule is COC(=O)c1c(OC)c(O)cc(OC)c1C(=O)c1c(O)cc(C)cc1OC. The largest absolute Gasteiger partial charge is 0.507 e. The Morgan fingerprint density at radius 1 is 0.778 bits per heavy atom. The van der Waals surface area contributed by atoms with Crippen molar-refractivity contribution in [1.29, 1.82) is 0 Å². The number of aromatic hydroxyl groups is 2. The summed E-state index contributed by atoms with van der Waals surface area (Å²) < 4.78 is 20.2. The minimum absolute atomic E-state index is 0.0965. The molecule has 0 saturated carbocycles. The number of methoxy groups -OCH3 is 4. The van der Waals surface area contributed by atoms with Crippen molar-refractivity contribution in [3.63, 3.8) is 0 Å². The Hall–Kier alpha value is -3.42. The number of phenolic OH excluding ortho intramolecular Hbond substituents is 2. The molecule has 2 N–H and O–H groups in total. The van der Waals surface area contributed by atoms with Crippen LogP contribution in [0.4, 0.5) is 0 Å². The summed E-state index contributed by atoms with van der Waals surface area (Å²) in [5.74, 6) is -2.66. The van der Waals surface area contributed by atoms with Crippen LogP contribution < -0.4 is 14.2 Å². The number of benzene rings is 2. The van der Waals surface area contributed by atoms with Crippen LogP contribution in [-0.2, 0) is 4.74 Å². The van der Waals surface area contributed by atoms with Crippen LogP contribution in [0.1, 0.15) is 31.8 Å². The van der Waals surface area contributed by atoms with Gasteiger partial charge in [-0.3, -0.25) is 4.79 Å². The first kappa shape index (κ1) is 19.9. The Bertz CT molecular complexity index is 901. The summed E-state index contributed by atoms with van der Waals surface area (Å²) in [5.41, 5.74) is -0.0658. The highest BCUT2D eigenvalue weighted by Gasteiger charge is 2.33. The summed E-state index contributed by atoms with van der Waals surface area (Å²) in [7, 11) is 4.97. The lowest BCUT2D eigenvalue weighted by molar-refractivity contribution is 0.0592. The molecule has 0 bridgehead atoms. The summed E-state index contributed by atoms with van der Waals surface area (Å²) in [6.45, 7) is 1.72. The van der Waals surface area contributed by atoms with E-state index in [4.69, 9.17) is 18.9 Å². The zero-order chi connectivity index (χ0) is 20.3. The molecule has 0 aliphatic carbocycles. The topological polar surface area (TPSA) is 112 Å². The average molecular weight is 376 g/mol. The molecule has 0 saturated heterocycles. The van der Waals surface area contributed by atoms with Crippen LogP contribution in [0, 0.1) is 6.92 Å². The highest BCUT2D eigenvalue weighted by atomic mass is 16.5. The van der Waals surface area contributed by atoms with Gasteiger partial charge in [0.15, 0.2) is 11.5 Å². The molecule has 0 aromatic heterocycles. The number of carbonyl (C=O) groups is 2. The molecule has 8 nitrogen and oxygen atoms in total. The molecule has 2 aromatic carbocycles. The normalized spacial score (nSPS) is 10.3. The maximum atomic E-state index is 13.3. The van der Waals surface area contributed by atoms with Crippen molar-refractivity contribution in [2.75, 3.05) is 28.4 Å². The van der Waals surface area contributed by atoms with Crippen LogP contribution in [0.5, 0.6) is 28.7 Å². The summed E-state index contributed by atoms with van der Waals surface area (Å²) in [6.07, 6.45) is 0. The molecule has 8 heteroatoms. The van der Waals surface area contributed by atoms with Crippen LogP contribution in [-0.4, -0.2) is 50.4 Å². The number of esters is 1. The Labute approximate surface area is 155 Å². The number of phenols is 2. The molecule has 0 aliphatic rings. The van der Waals surface area contributed by atoms with E-state index in [1.54, 1.807) is 13.0 Å². The van der Waals surface area contributed by atoms with E-state index in [1.165, 1.54) is 27.4 Å². The van der Waals surface area contributed by atoms with E-state index in [1.807, 2.05) is 0 Å². The van der Waals surface area contributed by atoms with Crippen molar-refractivity contribution in [3.05, 3.63) is 40.5 Å². The molecule has 0 heterocycles. The lowest BCUT2D eigenvalue weighted by Crippen LogP contribution is -2.15. The number of hydrogen-bond acceptors (Lipinski definition) is 8. The number of rotatable bonds is 6. The van der Waals surface area contributed by atoms with Gasteiger partial charge in [-0.15, -0.1) is 0 Å². The van der Waals surface area contributed by atoms with Crippen LogP contribution in [0.15, 0.2) is 18.2 Å². The quantitative estimate of drug-likeness (QED) is 0.584. The second-order valence-electron chi connectivity index (χ2n) is 5.56. The van der Waals surface area contributed by atoms with Gasteiger partial charge in [0.05, 0.1) is 34.0 Å². The molecule has 0 aliphatic heterocycles. The molecule has 0 fully saturated rings. The van der Waals surface area contributed by atoms with Gasteiger partial charge in [-0.25, -0.2) is 4.79 Å². The van der Waals surface area contributed by atoms with E-state index in [0.29, 0.717) is 5.56 Å². The fraction of sp³-hybridized carbons (Fsp3) is 0.263. The molecule has 144 valence electrons. The lowest BCUT2D eigenvalue weighted by Gasteiger charge is -2.18. The number of aryl methyl sites for hydroxylation is 1. The molecule has 2 rings (SSSR count). The fourth-order valence-electron chi connectivity index (χ4n) is 2.77. The first-order chi connectivity index (χ1) is 12.8. The first-order valence-electron chi connectivity index (χ1n) is 7.79. The zero-order valence-electron chi connectivity index (χ0n) is 15.6. The van der Waals surface area contributed by atoms with Crippen molar-refractivity contribution in [3.8, 4) is 28.7 Å². The van der Waals surface area contributed by atoms with Gasteiger partial charge in [0.1, 0.15) is 28.4 Å². The Kier molecular flexibility index (Phi) is 5.79. The van der Waals surface area contributed by atoms with Crippen LogP contribution in [0.25, 0.3) is 0 Å². The second-order valence-corrected chi connectivity index (χ2v) is 5.56. The Morgan fingerprint density at radius 2 is 1.37 bits per heavy atom. The van der Waals surface area contributed by atoms with Crippen LogP contribution in [0.3, 0.4) is 0 Å². The molecule has 0 radical (unpaired) electrons. The highest BCUT2D eigenvalue weighted by Crippen LogP contribution is 2.42. The summed E-state index contributed by atoms with van der Waals surface area (Å²) in [6, 6.07) is 4.09. The molecule has 27 heavy (non-hydrogen) atoms. The van der Waals surface area contributed by atoms with E-state index < -0.39 is 17.5 Å². The van der Waals surface area contributed by atoms with Gasteiger partial charge in [0.25, 0.3) is 0 Å². The molecular weight excluding hydrogens is 356 g/mol. The van der Waals surface area contributed by atoms with Gasteiger partial charge in [-0.2, -0.15) is 0 Å². The molecular formula is C19H20O8. The third kappa shape index (κ3) is 3.46. The summed E-state index contributed by atoms with van der Waals surface area (Å²) in [5, 5.41) is 20.4. The fourth-order valence-corrected chi connectivity index (χ4v) is 2.77. The number of carbonyl (C=O) groups excluding carboxylic acids is 2. The Balaban J connectivity index is 2.89. The third-order valence-corrected chi connectivity index (χ3v) is 3.94. The first-order valence-corrected chi connectivity index (χ1v) is 7.79. The van der Waals surface area contributed by atoms with Gasteiger partial charge in [0.2, 0.25) is 5.78 Å². The predicted molar refractivity (Wildman–Crippen MR) is 95.4 cm³/mol. The predicted octanol–water partition coefficient (Wildman–Crippen LogP) is 2.45. The molecule has 0 unspecified atom stereocenters. The van der Waals surface area contributed by atoms with Gasteiger partial charge < -0.3 is 29.2 Å². The monoisotopic (exact) mass is 376 g/mol. The summed E-state index contributed by atoms with van der Waals surface area (Å²) >= 11 is 0. The minimum Gasteiger partial charge on any atom is -0.507 e. The van der Waals surface area contributed by atoms with Gasteiger partial charge >= 0.3 is 5.97 Å². The maximum Gasteiger partial charge on any atom is 0.342 e. The van der Waals surface area contributed by atoms with Crippen LogP contribution >= 0.6 is 0 Å².